The molecule has 1 heterocycles. The van der Waals surface area contributed by atoms with E-state index in [1.165, 1.54) is 0 Å². The van der Waals surface area contributed by atoms with Crippen molar-refractivity contribution < 1.29 is 42.1 Å². The van der Waals surface area contributed by atoms with E-state index in [1.54, 1.807) is 18.2 Å². The Labute approximate surface area is 210 Å². The van der Waals surface area contributed by atoms with E-state index < -0.39 is 30.8 Å². The number of halogens is 4. The van der Waals surface area contributed by atoms with Crippen LogP contribution in [0.2, 0.25) is 5.02 Å². The Bertz CT molecular complexity index is 1000. The minimum atomic E-state index is -4.66. The van der Waals surface area contributed by atoms with E-state index in [2.05, 4.69) is 15.4 Å². The third-order valence-electron chi connectivity index (χ3n) is 7.66. The Kier molecular flexibility index (Phi) is 7.10. The van der Waals surface area contributed by atoms with Gasteiger partial charge in [0.15, 0.2) is 6.10 Å². The molecule has 2 amide bonds. The number of hydrogen-bond acceptors (Lipinski definition) is 6. The van der Waals surface area contributed by atoms with Crippen LogP contribution in [0.1, 0.15) is 50.2 Å². The van der Waals surface area contributed by atoms with Gasteiger partial charge in [0.25, 0.3) is 5.91 Å². The van der Waals surface area contributed by atoms with Crippen LogP contribution in [0.3, 0.4) is 0 Å². The standard InChI is InChI=1S/C24H28ClF3N2O6/c25-13-1-2-20-16(6-13)19(31)9-21(35-20)23(33)30-18-5-11-3-12(18)4-17(11)29-22(32)10-34-14-7-15(8-14)36-24(26,27)28/h1-2,6,11-12,14-15,17-19,21,31H,3-5,7-10H2,(H,29,32)(H,30,33)/t11-,12-,14-,15+,17+,18+,19-,21-/m1/s1. The van der Waals surface area contributed by atoms with Crippen LogP contribution in [0.25, 0.3) is 0 Å². The lowest BCUT2D eigenvalue weighted by atomic mass is 9.90. The molecule has 1 aliphatic heterocycles. The van der Waals surface area contributed by atoms with Crippen molar-refractivity contribution in [1.29, 1.82) is 0 Å². The predicted molar refractivity (Wildman–Crippen MR) is 120 cm³/mol. The van der Waals surface area contributed by atoms with Crippen molar-refractivity contribution in [3.63, 3.8) is 0 Å². The van der Waals surface area contributed by atoms with E-state index in [-0.39, 0.29) is 61.6 Å². The van der Waals surface area contributed by atoms with Crippen LogP contribution in [0, 0.1) is 11.8 Å². The van der Waals surface area contributed by atoms with E-state index in [0.29, 0.717) is 16.3 Å². The van der Waals surface area contributed by atoms with Gasteiger partial charge in [-0.25, -0.2) is 0 Å². The molecule has 3 aliphatic carbocycles. The van der Waals surface area contributed by atoms with E-state index >= 15 is 0 Å². The normalized spacial score (nSPS) is 34.9. The van der Waals surface area contributed by atoms with Gasteiger partial charge in [-0.05, 0) is 49.3 Å². The van der Waals surface area contributed by atoms with Crippen molar-refractivity contribution in [1.82, 2.24) is 10.6 Å². The molecule has 1 aromatic carbocycles. The number of alkyl halides is 3. The highest BCUT2D eigenvalue weighted by Crippen LogP contribution is 2.45. The minimum Gasteiger partial charge on any atom is -0.480 e. The lowest BCUT2D eigenvalue weighted by molar-refractivity contribution is -0.357. The van der Waals surface area contributed by atoms with Crippen molar-refractivity contribution in [2.24, 2.45) is 11.8 Å². The number of benzene rings is 1. The first-order chi connectivity index (χ1) is 17.0. The van der Waals surface area contributed by atoms with Crippen LogP contribution in [0.4, 0.5) is 13.2 Å². The summed E-state index contributed by atoms with van der Waals surface area (Å²) < 4.78 is 51.6. The highest BCUT2D eigenvalue weighted by molar-refractivity contribution is 6.30. The molecule has 8 nitrogen and oxygen atoms in total. The quantitative estimate of drug-likeness (QED) is 0.498. The maximum Gasteiger partial charge on any atom is 0.522 e. The lowest BCUT2D eigenvalue weighted by Crippen LogP contribution is -2.50. The third-order valence-corrected chi connectivity index (χ3v) is 7.90. The average Bonchev–Trinajstić information content (AvgIpc) is 3.34. The summed E-state index contributed by atoms with van der Waals surface area (Å²) >= 11 is 5.98. The first kappa shape index (κ1) is 25.6. The van der Waals surface area contributed by atoms with E-state index in [1.807, 2.05) is 0 Å². The maximum absolute atomic E-state index is 12.9. The molecule has 0 spiro atoms. The molecule has 0 saturated heterocycles. The van der Waals surface area contributed by atoms with Crippen LogP contribution >= 0.6 is 11.6 Å². The van der Waals surface area contributed by atoms with Crippen LogP contribution in [0.15, 0.2) is 18.2 Å². The molecule has 6 atom stereocenters. The number of aliphatic hydroxyl groups excluding tert-OH is 1. The van der Waals surface area contributed by atoms with Gasteiger partial charge in [0.1, 0.15) is 12.4 Å². The molecule has 0 aromatic heterocycles. The minimum absolute atomic E-state index is 0.0219. The molecule has 0 unspecified atom stereocenters. The number of fused-ring (bicyclic) bond motifs is 3. The molecule has 198 valence electrons. The number of amides is 2. The zero-order valence-electron chi connectivity index (χ0n) is 19.3. The highest BCUT2D eigenvalue weighted by atomic mass is 35.5. The Hall–Kier alpha value is -2.08. The molecule has 4 aliphatic rings. The van der Waals surface area contributed by atoms with Crippen LogP contribution in [0.5, 0.6) is 5.75 Å². The van der Waals surface area contributed by atoms with E-state index in [4.69, 9.17) is 21.1 Å². The van der Waals surface area contributed by atoms with Gasteiger partial charge in [-0.2, -0.15) is 0 Å². The second kappa shape index (κ2) is 10.00. The van der Waals surface area contributed by atoms with Crippen molar-refractivity contribution >= 4 is 23.4 Å². The number of hydrogen-bond donors (Lipinski definition) is 3. The zero-order valence-corrected chi connectivity index (χ0v) is 20.1. The largest absolute Gasteiger partial charge is 0.522 e. The molecule has 3 N–H and O–H groups in total. The summed E-state index contributed by atoms with van der Waals surface area (Å²) in [5.41, 5.74) is 0.570. The van der Waals surface area contributed by atoms with Crippen molar-refractivity contribution in [3.05, 3.63) is 28.8 Å². The van der Waals surface area contributed by atoms with Gasteiger partial charge in [-0.3, -0.25) is 14.3 Å². The maximum atomic E-state index is 12.9. The zero-order chi connectivity index (χ0) is 25.6. The van der Waals surface area contributed by atoms with Crippen LogP contribution < -0.4 is 15.4 Å². The molecule has 12 heteroatoms. The van der Waals surface area contributed by atoms with Gasteiger partial charge in [-0.1, -0.05) is 11.6 Å². The number of aliphatic hydroxyl groups is 1. The Morgan fingerprint density at radius 2 is 1.72 bits per heavy atom. The monoisotopic (exact) mass is 532 g/mol. The van der Waals surface area contributed by atoms with Gasteiger partial charge in [0.05, 0.1) is 18.3 Å². The molecule has 0 radical (unpaired) electrons. The molecule has 3 fully saturated rings. The first-order valence-electron chi connectivity index (χ1n) is 12.1. The predicted octanol–water partition coefficient (Wildman–Crippen LogP) is 3.01. The molecule has 2 bridgehead atoms. The van der Waals surface area contributed by atoms with Crippen molar-refractivity contribution in [2.45, 2.75) is 81.4 Å². The number of carbonyl (C=O) groups is 2. The molecule has 5 rings (SSSR count). The molecule has 1 aromatic rings. The number of ether oxygens (including phenoxy) is 3. The van der Waals surface area contributed by atoms with Gasteiger partial charge in [-0.15, -0.1) is 13.2 Å². The fraction of sp³-hybridized carbons (Fsp3) is 0.667. The summed E-state index contributed by atoms with van der Waals surface area (Å²) in [4.78, 5) is 25.1. The fourth-order valence-corrected chi connectivity index (χ4v) is 6.04. The number of nitrogens with one attached hydrogen (secondary N) is 2. The molecular weight excluding hydrogens is 505 g/mol. The topological polar surface area (TPSA) is 106 Å². The SMILES string of the molecule is O=C(CO[C@H]1C[C@@H](OC(F)(F)F)C1)N[C@H]1C[C@H]2C[C@@H]1C[C@@H]2NC(=O)[C@H]1C[C@@H](O)c2cc(Cl)ccc2O1. The van der Waals surface area contributed by atoms with E-state index in [0.717, 1.165) is 19.3 Å². The number of rotatable bonds is 7. The second-order valence-electron chi connectivity index (χ2n) is 10.1. The first-order valence-corrected chi connectivity index (χ1v) is 12.5. The van der Waals surface area contributed by atoms with Crippen molar-refractivity contribution in [3.8, 4) is 5.75 Å². The Balaban J connectivity index is 1.03. The van der Waals surface area contributed by atoms with Gasteiger partial charge < -0.3 is 25.2 Å². The van der Waals surface area contributed by atoms with Gasteiger partial charge in [0, 0.05) is 41.9 Å². The Morgan fingerprint density at radius 3 is 2.39 bits per heavy atom. The third kappa shape index (κ3) is 5.74. The van der Waals surface area contributed by atoms with Gasteiger partial charge in [0.2, 0.25) is 5.91 Å². The Morgan fingerprint density at radius 1 is 1.03 bits per heavy atom. The van der Waals surface area contributed by atoms with Gasteiger partial charge >= 0.3 is 6.36 Å². The summed E-state index contributed by atoms with van der Waals surface area (Å²) in [6.07, 6.45) is -4.91. The second-order valence-corrected chi connectivity index (χ2v) is 10.6. The average molecular weight is 533 g/mol. The molecule has 3 saturated carbocycles. The summed E-state index contributed by atoms with van der Waals surface area (Å²) in [6.45, 7) is -0.203. The van der Waals surface area contributed by atoms with E-state index in [9.17, 15) is 27.9 Å². The summed E-state index contributed by atoms with van der Waals surface area (Å²) in [5.74, 6) is 0.322. The summed E-state index contributed by atoms with van der Waals surface area (Å²) in [7, 11) is 0. The smallest absolute Gasteiger partial charge is 0.480 e. The summed E-state index contributed by atoms with van der Waals surface area (Å²) in [6, 6.07) is 4.88. The van der Waals surface area contributed by atoms with Crippen molar-refractivity contribution in [2.75, 3.05) is 6.61 Å². The number of carbonyl (C=O) groups excluding carboxylic acids is 2. The van der Waals surface area contributed by atoms with Crippen LogP contribution in [-0.2, 0) is 19.1 Å². The lowest BCUT2D eigenvalue weighted by Gasteiger charge is -2.35. The summed E-state index contributed by atoms with van der Waals surface area (Å²) in [5, 5.41) is 16.9. The highest BCUT2D eigenvalue weighted by Gasteiger charge is 2.48. The van der Waals surface area contributed by atoms with Crippen LogP contribution in [-0.4, -0.2) is 60.3 Å². The molecule has 36 heavy (non-hydrogen) atoms. The fourth-order valence-electron chi connectivity index (χ4n) is 5.86. The molecular formula is C24H28ClF3N2O6.